The molecule has 0 aliphatic carbocycles. The summed E-state index contributed by atoms with van der Waals surface area (Å²) in [6, 6.07) is 3.06. The molecular formula is C15H17F2NO4S. The van der Waals surface area contributed by atoms with Gasteiger partial charge in [0.05, 0.1) is 28.9 Å². The first-order valence-electron chi connectivity index (χ1n) is 6.96. The molecule has 0 radical (unpaired) electrons. The Balaban J connectivity index is 2.19. The van der Waals surface area contributed by atoms with Gasteiger partial charge in [-0.2, -0.15) is 0 Å². The number of benzene rings is 1. The lowest BCUT2D eigenvalue weighted by molar-refractivity contribution is 0.191. The maximum atomic E-state index is 13.6. The topological polar surface area (TPSA) is 80.4 Å². The van der Waals surface area contributed by atoms with Gasteiger partial charge in [-0.05, 0) is 12.1 Å². The molecule has 1 aromatic carbocycles. The maximum absolute atomic E-state index is 13.6. The van der Waals surface area contributed by atoms with E-state index in [2.05, 4.69) is 4.98 Å². The van der Waals surface area contributed by atoms with Gasteiger partial charge >= 0.3 is 0 Å². The second-order valence-electron chi connectivity index (χ2n) is 5.52. The fraction of sp³-hybridized carbons (Fsp3) is 0.400. The van der Waals surface area contributed by atoms with Crippen molar-refractivity contribution in [3.8, 4) is 0 Å². The van der Waals surface area contributed by atoms with Crippen LogP contribution in [0.5, 0.6) is 0 Å². The summed E-state index contributed by atoms with van der Waals surface area (Å²) in [6.07, 6.45) is -0.650. The lowest BCUT2D eigenvalue weighted by atomic mass is 10.1. The van der Waals surface area contributed by atoms with Crippen LogP contribution in [0.1, 0.15) is 42.9 Å². The van der Waals surface area contributed by atoms with Crippen LogP contribution in [0.2, 0.25) is 0 Å². The molecule has 1 unspecified atom stereocenters. The third-order valence-corrected chi connectivity index (χ3v) is 4.84. The summed E-state index contributed by atoms with van der Waals surface area (Å²) in [5, 5.41) is 9.92. The molecule has 0 saturated carbocycles. The summed E-state index contributed by atoms with van der Waals surface area (Å²) in [4.78, 5) is 3.86. The SMILES string of the molecule is CC(C)c1ocnc1CS(=O)(=O)CC(O)c1c(F)cccc1F. The number of aliphatic hydroxyl groups excluding tert-OH is 1. The largest absolute Gasteiger partial charge is 0.448 e. The molecule has 23 heavy (non-hydrogen) atoms. The van der Waals surface area contributed by atoms with E-state index in [1.54, 1.807) is 0 Å². The van der Waals surface area contributed by atoms with E-state index in [4.69, 9.17) is 4.42 Å². The predicted octanol–water partition coefficient (Wildman–Crippen LogP) is 2.72. The molecule has 5 nitrogen and oxygen atoms in total. The van der Waals surface area contributed by atoms with Crippen LogP contribution in [0.4, 0.5) is 8.78 Å². The molecule has 0 fully saturated rings. The first-order valence-corrected chi connectivity index (χ1v) is 8.78. The average molecular weight is 345 g/mol. The van der Waals surface area contributed by atoms with Crippen LogP contribution in [0.25, 0.3) is 0 Å². The van der Waals surface area contributed by atoms with Gasteiger partial charge in [-0.25, -0.2) is 22.2 Å². The summed E-state index contributed by atoms with van der Waals surface area (Å²) in [5.41, 5.74) is -0.415. The van der Waals surface area contributed by atoms with Crippen LogP contribution in [0.15, 0.2) is 29.0 Å². The van der Waals surface area contributed by atoms with E-state index in [1.807, 2.05) is 13.8 Å². The fourth-order valence-corrected chi connectivity index (χ4v) is 3.68. The van der Waals surface area contributed by atoms with Crippen LogP contribution in [0, 0.1) is 11.6 Å². The van der Waals surface area contributed by atoms with Gasteiger partial charge in [0.15, 0.2) is 16.2 Å². The van der Waals surface area contributed by atoms with Gasteiger partial charge in [-0.3, -0.25) is 0 Å². The lowest BCUT2D eigenvalue weighted by Gasteiger charge is -2.13. The molecule has 8 heteroatoms. The van der Waals surface area contributed by atoms with E-state index in [0.717, 1.165) is 24.6 Å². The Hall–Kier alpha value is -1.80. The molecule has 0 saturated heterocycles. The van der Waals surface area contributed by atoms with Gasteiger partial charge in [0.1, 0.15) is 17.4 Å². The second-order valence-corrected chi connectivity index (χ2v) is 7.63. The Labute approximate surface area is 132 Å². The number of sulfone groups is 1. The van der Waals surface area contributed by atoms with E-state index < -0.39 is 44.6 Å². The molecule has 0 bridgehead atoms. The molecular weight excluding hydrogens is 328 g/mol. The molecule has 1 atom stereocenters. The third kappa shape index (κ3) is 4.14. The number of aliphatic hydroxyl groups is 1. The zero-order valence-corrected chi connectivity index (χ0v) is 13.5. The summed E-state index contributed by atoms with van der Waals surface area (Å²) < 4.78 is 56.7. The number of rotatable bonds is 6. The normalized spacial score (nSPS) is 13.5. The standard InChI is InChI=1S/C15H17F2NO4S/c1-9(2)15-12(18-8-22-15)6-23(20,21)7-13(19)14-10(16)4-3-5-11(14)17/h3-5,8-9,13,19H,6-7H2,1-2H3. The van der Waals surface area contributed by atoms with Gasteiger partial charge in [-0.15, -0.1) is 0 Å². The van der Waals surface area contributed by atoms with E-state index in [9.17, 15) is 22.3 Å². The Bertz CT molecular complexity index is 766. The van der Waals surface area contributed by atoms with Crippen molar-refractivity contribution < 1.29 is 26.7 Å². The van der Waals surface area contributed by atoms with Crippen molar-refractivity contribution in [3.05, 3.63) is 53.2 Å². The number of halogens is 2. The Morgan fingerprint density at radius 3 is 2.43 bits per heavy atom. The maximum Gasteiger partial charge on any atom is 0.181 e. The van der Waals surface area contributed by atoms with Gasteiger partial charge in [0, 0.05) is 5.92 Å². The number of aromatic nitrogens is 1. The zero-order chi connectivity index (χ0) is 17.2. The molecule has 0 amide bonds. The van der Waals surface area contributed by atoms with E-state index in [1.165, 1.54) is 0 Å². The van der Waals surface area contributed by atoms with E-state index >= 15 is 0 Å². The average Bonchev–Trinajstić information content (AvgIpc) is 2.85. The second kappa shape index (κ2) is 6.76. The van der Waals surface area contributed by atoms with E-state index in [0.29, 0.717) is 5.76 Å². The van der Waals surface area contributed by atoms with Crippen molar-refractivity contribution in [1.82, 2.24) is 4.98 Å². The molecule has 1 N–H and O–H groups in total. The van der Waals surface area contributed by atoms with Crippen molar-refractivity contribution in [2.24, 2.45) is 0 Å². The minimum Gasteiger partial charge on any atom is -0.448 e. The highest BCUT2D eigenvalue weighted by Gasteiger charge is 2.26. The zero-order valence-electron chi connectivity index (χ0n) is 12.7. The van der Waals surface area contributed by atoms with Crippen molar-refractivity contribution >= 4 is 9.84 Å². The Morgan fingerprint density at radius 1 is 1.26 bits per heavy atom. The fourth-order valence-electron chi connectivity index (χ4n) is 2.28. The van der Waals surface area contributed by atoms with Crippen molar-refractivity contribution in [2.75, 3.05) is 5.75 Å². The van der Waals surface area contributed by atoms with Gasteiger partial charge in [0.25, 0.3) is 0 Å². The smallest absolute Gasteiger partial charge is 0.181 e. The molecule has 0 aliphatic rings. The van der Waals surface area contributed by atoms with Crippen molar-refractivity contribution in [2.45, 2.75) is 31.6 Å². The quantitative estimate of drug-likeness (QED) is 0.871. The molecule has 2 rings (SSSR count). The van der Waals surface area contributed by atoms with Gasteiger partial charge < -0.3 is 9.52 Å². The summed E-state index contributed by atoms with van der Waals surface area (Å²) in [5.74, 6) is -2.88. The monoisotopic (exact) mass is 345 g/mol. The van der Waals surface area contributed by atoms with Gasteiger partial charge in [-0.1, -0.05) is 19.9 Å². The van der Waals surface area contributed by atoms with Crippen molar-refractivity contribution in [3.63, 3.8) is 0 Å². The molecule has 1 heterocycles. The predicted molar refractivity (Wildman–Crippen MR) is 79.4 cm³/mol. The highest BCUT2D eigenvalue weighted by Crippen LogP contribution is 2.25. The third-order valence-electron chi connectivity index (χ3n) is 3.30. The summed E-state index contributed by atoms with van der Waals surface area (Å²) in [7, 11) is -3.85. The molecule has 2 aromatic rings. The van der Waals surface area contributed by atoms with Crippen LogP contribution < -0.4 is 0 Å². The number of hydrogen-bond acceptors (Lipinski definition) is 5. The molecule has 1 aromatic heterocycles. The lowest BCUT2D eigenvalue weighted by Crippen LogP contribution is -2.19. The number of oxazole rings is 1. The molecule has 0 spiro atoms. The minimum absolute atomic E-state index is 0.0587. The Morgan fingerprint density at radius 2 is 1.87 bits per heavy atom. The first kappa shape index (κ1) is 17.6. The van der Waals surface area contributed by atoms with E-state index in [-0.39, 0.29) is 11.6 Å². The first-order chi connectivity index (χ1) is 10.7. The van der Waals surface area contributed by atoms with Crippen molar-refractivity contribution in [1.29, 1.82) is 0 Å². The van der Waals surface area contributed by atoms with Crippen LogP contribution >= 0.6 is 0 Å². The summed E-state index contributed by atoms with van der Waals surface area (Å²) >= 11 is 0. The highest BCUT2D eigenvalue weighted by atomic mass is 32.2. The van der Waals surface area contributed by atoms with Crippen LogP contribution in [-0.2, 0) is 15.6 Å². The van der Waals surface area contributed by atoms with Crippen LogP contribution in [-0.4, -0.2) is 24.3 Å². The minimum atomic E-state index is -3.85. The molecule has 126 valence electrons. The number of nitrogens with zero attached hydrogens (tertiary/aromatic N) is 1. The van der Waals surface area contributed by atoms with Crippen LogP contribution in [0.3, 0.4) is 0 Å². The van der Waals surface area contributed by atoms with Gasteiger partial charge in [0.2, 0.25) is 0 Å². The Kier molecular flexibility index (Phi) is 5.16. The highest BCUT2D eigenvalue weighted by molar-refractivity contribution is 7.90. The molecule has 0 aliphatic heterocycles. The summed E-state index contributed by atoms with van der Waals surface area (Å²) in [6.45, 7) is 3.64. The number of hydrogen-bond donors (Lipinski definition) is 1.